The first-order valence-corrected chi connectivity index (χ1v) is 6.89. The predicted octanol–water partition coefficient (Wildman–Crippen LogP) is -0.476. The Morgan fingerprint density at radius 3 is 2.80 bits per heavy atom. The van der Waals surface area contributed by atoms with Crippen LogP contribution in [0.4, 0.5) is 0 Å². The number of aliphatic carboxylic acids is 1. The lowest BCUT2D eigenvalue weighted by Gasteiger charge is -2.21. The molecule has 0 bridgehead atoms. The average Bonchev–Trinajstić information content (AvgIpc) is 3.04. The highest BCUT2D eigenvalue weighted by Crippen LogP contribution is 2.18. The number of nitrogens with one attached hydrogen (secondary N) is 1. The van der Waals surface area contributed by atoms with Crippen LogP contribution >= 0.6 is 11.3 Å². The summed E-state index contributed by atoms with van der Waals surface area (Å²) >= 11 is 1.25. The molecule has 2 heterocycles. The van der Waals surface area contributed by atoms with Gasteiger partial charge in [0.1, 0.15) is 6.04 Å². The number of hydrogen-bond donors (Lipinski definition) is 3. The zero-order valence-corrected chi connectivity index (χ0v) is 11.3. The minimum Gasteiger partial charge on any atom is -0.480 e. The fraction of sp³-hybridized carbons (Fsp3) is 0.417. The van der Waals surface area contributed by atoms with E-state index in [2.05, 4.69) is 5.32 Å². The van der Waals surface area contributed by atoms with Gasteiger partial charge in [0.25, 0.3) is 5.91 Å². The SMILES string of the molecule is O=C(NCC(=O)N1CC(O)CC1C(=O)O)c1cccs1. The highest BCUT2D eigenvalue weighted by atomic mass is 32.1. The van der Waals surface area contributed by atoms with Crippen LogP contribution in [-0.2, 0) is 9.59 Å². The first-order valence-electron chi connectivity index (χ1n) is 6.01. The van der Waals surface area contributed by atoms with Gasteiger partial charge in [-0.3, -0.25) is 9.59 Å². The maximum absolute atomic E-state index is 11.9. The summed E-state index contributed by atoms with van der Waals surface area (Å²) in [6.07, 6.45) is -0.826. The highest BCUT2D eigenvalue weighted by Gasteiger charge is 2.38. The highest BCUT2D eigenvalue weighted by molar-refractivity contribution is 7.12. The van der Waals surface area contributed by atoms with Gasteiger partial charge in [-0.1, -0.05) is 6.07 Å². The minimum atomic E-state index is -1.15. The van der Waals surface area contributed by atoms with Crippen LogP contribution in [0.25, 0.3) is 0 Å². The summed E-state index contributed by atoms with van der Waals surface area (Å²) in [5.74, 6) is -2.04. The van der Waals surface area contributed by atoms with Crippen molar-refractivity contribution >= 4 is 29.1 Å². The molecule has 0 radical (unpaired) electrons. The van der Waals surface area contributed by atoms with Crippen LogP contribution < -0.4 is 5.32 Å². The zero-order valence-electron chi connectivity index (χ0n) is 10.5. The number of thiophene rings is 1. The standard InChI is InChI=1S/C12H14N2O5S/c15-7-4-8(12(18)19)14(6-7)10(16)5-13-11(17)9-2-1-3-20-9/h1-3,7-8,15H,4-6H2,(H,13,17)(H,18,19). The van der Waals surface area contributed by atoms with Gasteiger partial charge in [0.15, 0.2) is 0 Å². The number of carboxylic acid groups (broad SMARTS) is 1. The Kier molecular flexibility index (Phi) is 4.35. The van der Waals surface area contributed by atoms with Gasteiger partial charge in [-0.2, -0.15) is 0 Å². The lowest BCUT2D eigenvalue weighted by atomic mass is 10.2. The number of amides is 2. The Labute approximate surface area is 118 Å². The number of rotatable bonds is 4. The lowest BCUT2D eigenvalue weighted by molar-refractivity contribution is -0.147. The molecule has 1 aromatic rings. The second-order valence-corrected chi connectivity index (χ2v) is 5.40. The Morgan fingerprint density at radius 1 is 1.45 bits per heavy atom. The van der Waals surface area contributed by atoms with Crippen LogP contribution in [-0.4, -0.2) is 58.1 Å². The van der Waals surface area contributed by atoms with Gasteiger partial charge in [-0.05, 0) is 11.4 Å². The first-order chi connectivity index (χ1) is 9.49. The number of nitrogens with zero attached hydrogens (tertiary/aromatic N) is 1. The number of carboxylic acids is 1. The summed E-state index contributed by atoms with van der Waals surface area (Å²) in [5, 5.41) is 22.6. The number of aliphatic hydroxyl groups excluding tert-OH is 1. The molecule has 20 heavy (non-hydrogen) atoms. The van der Waals surface area contributed by atoms with Crippen LogP contribution in [0.1, 0.15) is 16.1 Å². The molecule has 2 unspecified atom stereocenters. The number of hydrogen-bond acceptors (Lipinski definition) is 5. The number of carbonyl (C=O) groups is 3. The zero-order chi connectivity index (χ0) is 14.7. The molecule has 8 heteroatoms. The van der Waals surface area contributed by atoms with Crippen molar-refractivity contribution in [3.63, 3.8) is 0 Å². The smallest absolute Gasteiger partial charge is 0.326 e. The molecule has 1 saturated heterocycles. The van der Waals surface area contributed by atoms with Crippen molar-refractivity contribution in [1.82, 2.24) is 10.2 Å². The van der Waals surface area contributed by atoms with Crippen molar-refractivity contribution in [2.75, 3.05) is 13.1 Å². The number of carbonyl (C=O) groups excluding carboxylic acids is 2. The molecule has 0 saturated carbocycles. The maximum Gasteiger partial charge on any atom is 0.326 e. The summed E-state index contributed by atoms with van der Waals surface area (Å²) in [4.78, 5) is 36.1. The molecule has 0 aliphatic carbocycles. The van der Waals surface area contributed by atoms with E-state index in [4.69, 9.17) is 5.11 Å². The predicted molar refractivity (Wildman–Crippen MR) is 70.4 cm³/mol. The topological polar surface area (TPSA) is 107 Å². The molecule has 1 aromatic heterocycles. The van der Waals surface area contributed by atoms with E-state index in [9.17, 15) is 19.5 Å². The van der Waals surface area contributed by atoms with Crippen molar-refractivity contribution in [3.05, 3.63) is 22.4 Å². The van der Waals surface area contributed by atoms with E-state index in [0.717, 1.165) is 4.90 Å². The Hall–Kier alpha value is -1.93. The molecule has 3 N–H and O–H groups in total. The molecule has 108 valence electrons. The van der Waals surface area contributed by atoms with E-state index in [1.165, 1.54) is 11.3 Å². The van der Waals surface area contributed by atoms with Crippen molar-refractivity contribution in [3.8, 4) is 0 Å². The molecule has 0 aromatic carbocycles. The third-order valence-electron chi connectivity index (χ3n) is 3.03. The van der Waals surface area contributed by atoms with E-state index >= 15 is 0 Å². The van der Waals surface area contributed by atoms with Gasteiger partial charge < -0.3 is 20.4 Å². The lowest BCUT2D eigenvalue weighted by Crippen LogP contribution is -2.45. The Balaban J connectivity index is 1.91. The van der Waals surface area contributed by atoms with Crippen LogP contribution in [0.15, 0.2) is 17.5 Å². The molecule has 7 nitrogen and oxygen atoms in total. The van der Waals surface area contributed by atoms with Crippen molar-refractivity contribution in [1.29, 1.82) is 0 Å². The summed E-state index contributed by atoms with van der Waals surface area (Å²) in [6, 6.07) is 2.32. The fourth-order valence-electron chi connectivity index (χ4n) is 2.08. The molecule has 1 aliphatic rings. The summed E-state index contributed by atoms with van der Waals surface area (Å²) in [5.41, 5.74) is 0. The quantitative estimate of drug-likeness (QED) is 0.696. The van der Waals surface area contributed by atoms with E-state index in [1.807, 2.05) is 0 Å². The number of β-amino-alcohol motifs (C(OH)–C–C–N with tert-alkyl or cyclic N) is 1. The first kappa shape index (κ1) is 14.5. The van der Waals surface area contributed by atoms with Crippen LogP contribution in [0.3, 0.4) is 0 Å². The molecule has 0 spiro atoms. The molecule has 2 atom stereocenters. The van der Waals surface area contributed by atoms with Gasteiger partial charge in [0.2, 0.25) is 5.91 Å². The Morgan fingerprint density at radius 2 is 2.20 bits per heavy atom. The van der Waals surface area contributed by atoms with E-state index < -0.39 is 24.0 Å². The van der Waals surface area contributed by atoms with E-state index in [0.29, 0.717) is 4.88 Å². The van der Waals surface area contributed by atoms with Crippen molar-refractivity contribution in [2.24, 2.45) is 0 Å². The van der Waals surface area contributed by atoms with Gasteiger partial charge in [0, 0.05) is 13.0 Å². The number of aliphatic hydroxyl groups is 1. The summed E-state index contributed by atoms with van der Waals surface area (Å²) in [7, 11) is 0. The van der Waals surface area contributed by atoms with E-state index in [1.54, 1.807) is 17.5 Å². The third kappa shape index (κ3) is 3.14. The maximum atomic E-state index is 11.9. The van der Waals surface area contributed by atoms with Gasteiger partial charge in [-0.15, -0.1) is 11.3 Å². The van der Waals surface area contributed by atoms with Crippen LogP contribution in [0.5, 0.6) is 0 Å². The number of likely N-dealkylation sites (tertiary alicyclic amines) is 1. The second-order valence-electron chi connectivity index (χ2n) is 4.45. The Bertz CT molecular complexity index is 516. The van der Waals surface area contributed by atoms with Crippen molar-refractivity contribution in [2.45, 2.75) is 18.6 Å². The van der Waals surface area contributed by atoms with Crippen molar-refractivity contribution < 1.29 is 24.6 Å². The second kappa shape index (κ2) is 6.02. The summed E-state index contributed by atoms with van der Waals surface area (Å²) in [6.45, 7) is -0.308. The fourth-order valence-corrected chi connectivity index (χ4v) is 2.72. The summed E-state index contributed by atoms with van der Waals surface area (Å²) < 4.78 is 0. The molecule has 2 amide bonds. The van der Waals surface area contributed by atoms with Crippen LogP contribution in [0, 0.1) is 0 Å². The normalized spacial score (nSPS) is 21.8. The minimum absolute atomic E-state index is 0.0138. The largest absolute Gasteiger partial charge is 0.480 e. The average molecular weight is 298 g/mol. The van der Waals surface area contributed by atoms with Gasteiger partial charge in [-0.25, -0.2) is 4.79 Å². The molecular weight excluding hydrogens is 284 g/mol. The molecule has 1 fully saturated rings. The molecule has 2 rings (SSSR count). The monoisotopic (exact) mass is 298 g/mol. The molecular formula is C12H14N2O5S. The molecule has 1 aliphatic heterocycles. The van der Waals surface area contributed by atoms with E-state index in [-0.39, 0.29) is 25.4 Å². The van der Waals surface area contributed by atoms with Crippen LogP contribution in [0.2, 0.25) is 0 Å². The third-order valence-corrected chi connectivity index (χ3v) is 3.90. The van der Waals surface area contributed by atoms with Gasteiger partial charge >= 0.3 is 5.97 Å². The van der Waals surface area contributed by atoms with Gasteiger partial charge in [0.05, 0.1) is 17.5 Å².